The number of benzene rings is 1. The number of fused-ring (bicyclic) bond motifs is 1. The lowest BCUT2D eigenvalue weighted by Crippen LogP contribution is -2.14. The summed E-state index contributed by atoms with van der Waals surface area (Å²) in [5.74, 6) is -0.996. The highest BCUT2D eigenvalue weighted by Crippen LogP contribution is 2.30. The Bertz CT molecular complexity index is 1020. The van der Waals surface area contributed by atoms with E-state index < -0.39 is 11.7 Å². The van der Waals surface area contributed by atoms with Crippen LogP contribution in [0.3, 0.4) is 0 Å². The molecule has 0 saturated heterocycles. The Morgan fingerprint density at radius 3 is 2.70 bits per heavy atom. The molecule has 0 aliphatic heterocycles. The van der Waals surface area contributed by atoms with Gasteiger partial charge >= 0.3 is 0 Å². The number of aromatic amines is 1. The molecular formula is C19H19FN4O3. The van der Waals surface area contributed by atoms with Crippen LogP contribution in [-0.2, 0) is 4.79 Å². The first-order valence-corrected chi connectivity index (χ1v) is 8.15. The molecule has 27 heavy (non-hydrogen) atoms. The number of pyridine rings is 1. The summed E-state index contributed by atoms with van der Waals surface area (Å²) in [6, 6.07) is 5.09. The predicted molar refractivity (Wildman–Crippen MR) is 101 cm³/mol. The molecule has 2 N–H and O–H groups in total. The maximum atomic E-state index is 14.5. The minimum atomic E-state index is -0.957. The van der Waals surface area contributed by atoms with Gasteiger partial charge in [0.1, 0.15) is 5.52 Å². The molecule has 0 spiro atoms. The van der Waals surface area contributed by atoms with Gasteiger partial charge < -0.3 is 14.8 Å². The van der Waals surface area contributed by atoms with E-state index in [1.54, 1.807) is 38.2 Å². The zero-order valence-electron chi connectivity index (χ0n) is 15.4. The average Bonchev–Trinajstić information content (AvgIpc) is 3.12. The molecule has 7 nitrogen and oxygen atoms in total. The molecule has 0 aliphatic carbocycles. The van der Waals surface area contributed by atoms with Crippen molar-refractivity contribution in [1.82, 2.24) is 15.2 Å². The number of hydrogen-bond acceptors (Lipinski definition) is 5. The fraction of sp³-hybridized carbons (Fsp3) is 0.211. The fourth-order valence-electron chi connectivity index (χ4n) is 2.80. The van der Waals surface area contributed by atoms with Gasteiger partial charge in [-0.05, 0) is 25.5 Å². The van der Waals surface area contributed by atoms with Gasteiger partial charge in [0.15, 0.2) is 11.6 Å². The number of carbonyl (C=O) groups is 1. The number of aromatic nitrogens is 3. The lowest BCUT2D eigenvalue weighted by atomic mass is 10.1. The van der Waals surface area contributed by atoms with E-state index in [1.165, 1.54) is 14.2 Å². The lowest BCUT2D eigenvalue weighted by Gasteiger charge is -2.12. The van der Waals surface area contributed by atoms with Gasteiger partial charge in [-0.25, -0.2) is 9.37 Å². The van der Waals surface area contributed by atoms with E-state index in [9.17, 15) is 9.18 Å². The highest BCUT2D eigenvalue weighted by molar-refractivity contribution is 6.06. The first-order valence-electron chi connectivity index (χ1n) is 8.15. The highest BCUT2D eigenvalue weighted by Gasteiger charge is 2.16. The number of methoxy groups -OCH3 is 2. The van der Waals surface area contributed by atoms with E-state index in [0.29, 0.717) is 34.1 Å². The van der Waals surface area contributed by atoms with Gasteiger partial charge in [-0.15, -0.1) is 0 Å². The number of nitrogens with one attached hydrogen (secondary N) is 2. The SMILES string of the molecule is COc1cc(C)c(NC(=O)/C(F)=C/c2ccc3cn[nH]c3c2OC)c(C)n1. The van der Waals surface area contributed by atoms with Crippen molar-refractivity contribution in [2.24, 2.45) is 0 Å². The maximum absolute atomic E-state index is 14.5. The number of rotatable bonds is 5. The van der Waals surface area contributed by atoms with E-state index >= 15 is 0 Å². The van der Waals surface area contributed by atoms with Crippen LogP contribution in [0.4, 0.5) is 10.1 Å². The molecule has 0 fully saturated rings. The highest BCUT2D eigenvalue weighted by atomic mass is 19.1. The second-order valence-electron chi connectivity index (χ2n) is 5.91. The quantitative estimate of drug-likeness (QED) is 0.671. The zero-order chi connectivity index (χ0) is 19.6. The molecule has 2 heterocycles. The third-order valence-corrected chi connectivity index (χ3v) is 4.13. The minimum Gasteiger partial charge on any atom is -0.494 e. The van der Waals surface area contributed by atoms with E-state index in [4.69, 9.17) is 9.47 Å². The molecule has 3 rings (SSSR count). The van der Waals surface area contributed by atoms with Gasteiger partial charge in [0.25, 0.3) is 5.91 Å². The largest absolute Gasteiger partial charge is 0.494 e. The molecule has 8 heteroatoms. The Morgan fingerprint density at radius 2 is 2.04 bits per heavy atom. The van der Waals surface area contributed by atoms with Crippen molar-refractivity contribution in [3.05, 3.63) is 47.0 Å². The standard InChI is InChI=1S/C19H19FN4O3/c1-10-7-15(26-3)22-11(2)16(10)23-19(25)14(20)8-12-5-6-13-9-21-24-17(13)18(12)27-4/h5-9H,1-4H3,(H,21,24)(H,23,25)/b14-8-. The zero-order valence-corrected chi connectivity index (χ0v) is 15.4. The van der Waals surface area contributed by atoms with Crippen molar-refractivity contribution in [3.63, 3.8) is 0 Å². The Labute approximate surface area is 155 Å². The van der Waals surface area contributed by atoms with E-state index in [2.05, 4.69) is 20.5 Å². The van der Waals surface area contributed by atoms with Gasteiger partial charge in [0, 0.05) is 17.0 Å². The topological polar surface area (TPSA) is 89.1 Å². The van der Waals surface area contributed by atoms with Gasteiger partial charge in [-0.1, -0.05) is 12.1 Å². The summed E-state index contributed by atoms with van der Waals surface area (Å²) in [5.41, 5.74) is 2.75. The van der Waals surface area contributed by atoms with Crippen LogP contribution in [0.15, 0.2) is 30.2 Å². The molecule has 0 saturated carbocycles. The van der Waals surface area contributed by atoms with Crippen LogP contribution in [0.2, 0.25) is 0 Å². The Balaban J connectivity index is 1.90. The van der Waals surface area contributed by atoms with Crippen LogP contribution in [0.25, 0.3) is 17.0 Å². The molecule has 0 radical (unpaired) electrons. The second-order valence-corrected chi connectivity index (χ2v) is 5.91. The number of anilines is 1. The summed E-state index contributed by atoms with van der Waals surface area (Å²) in [5, 5.41) is 10.1. The number of ether oxygens (including phenoxy) is 2. The van der Waals surface area contributed by atoms with Crippen molar-refractivity contribution < 1.29 is 18.7 Å². The fourth-order valence-corrected chi connectivity index (χ4v) is 2.80. The lowest BCUT2D eigenvalue weighted by molar-refractivity contribution is -0.114. The number of H-pyrrole nitrogens is 1. The van der Waals surface area contributed by atoms with E-state index in [1.807, 2.05) is 0 Å². The molecule has 2 aromatic heterocycles. The molecule has 3 aromatic rings. The number of aryl methyl sites for hydroxylation is 2. The van der Waals surface area contributed by atoms with Gasteiger partial charge in [-0.2, -0.15) is 5.10 Å². The van der Waals surface area contributed by atoms with Crippen LogP contribution in [-0.4, -0.2) is 35.3 Å². The molecule has 1 aromatic carbocycles. The number of nitrogens with zero attached hydrogens (tertiary/aromatic N) is 2. The molecule has 0 bridgehead atoms. The van der Waals surface area contributed by atoms with Crippen molar-refractivity contribution in [2.45, 2.75) is 13.8 Å². The second kappa shape index (κ2) is 7.45. The van der Waals surface area contributed by atoms with Crippen LogP contribution in [0.1, 0.15) is 16.8 Å². The van der Waals surface area contributed by atoms with Crippen LogP contribution in [0, 0.1) is 13.8 Å². The molecule has 140 valence electrons. The summed E-state index contributed by atoms with van der Waals surface area (Å²) < 4.78 is 25.0. The minimum absolute atomic E-state index is 0.409. The first kappa shape index (κ1) is 18.4. The Hall–Kier alpha value is -3.42. The summed E-state index contributed by atoms with van der Waals surface area (Å²) in [6.07, 6.45) is 2.76. The predicted octanol–water partition coefficient (Wildman–Crippen LogP) is 3.54. The normalized spacial score (nSPS) is 11.5. The Kier molecular flexibility index (Phi) is 5.07. The maximum Gasteiger partial charge on any atom is 0.284 e. The average molecular weight is 370 g/mol. The molecule has 0 aliphatic rings. The summed E-state index contributed by atoms with van der Waals surface area (Å²) >= 11 is 0. The Morgan fingerprint density at radius 1 is 1.26 bits per heavy atom. The molecule has 1 amide bonds. The molecular weight excluding hydrogens is 351 g/mol. The van der Waals surface area contributed by atoms with E-state index in [0.717, 1.165) is 17.0 Å². The summed E-state index contributed by atoms with van der Waals surface area (Å²) in [4.78, 5) is 16.5. The van der Waals surface area contributed by atoms with Gasteiger partial charge in [0.05, 0.1) is 31.8 Å². The van der Waals surface area contributed by atoms with E-state index in [-0.39, 0.29) is 0 Å². The first-order chi connectivity index (χ1) is 12.9. The summed E-state index contributed by atoms with van der Waals surface area (Å²) in [6.45, 7) is 3.49. The smallest absolute Gasteiger partial charge is 0.284 e. The van der Waals surface area contributed by atoms with Gasteiger partial charge in [-0.3, -0.25) is 9.89 Å². The van der Waals surface area contributed by atoms with Crippen LogP contribution in [0.5, 0.6) is 11.6 Å². The van der Waals surface area contributed by atoms with Crippen molar-refractivity contribution in [3.8, 4) is 11.6 Å². The number of hydrogen-bond donors (Lipinski definition) is 2. The summed E-state index contributed by atoms with van der Waals surface area (Å²) in [7, 11) is 2.98. The molecule has 0 atom stereocenters. The number of carbonyl (C=O) groups excluding carboxylic acids is 1. The molecule has 0 unspecified atom stereocenters. The van der Waals surface area contributed by atoms with Crippen molar-refractivity contribution in [2.75, 3.05) is 19.5 Å². The number of amides is 1. The van der Waals surface area contributed by atoms with Gasteiger partial charge in [0.2, 0.25) is 5.88 Å². The van der Waals surface area contributed by atoms with Crippen LogP contribution < -0.4 is 14.8 Å². The van der Waals surface area contributed by atoms with Crippen molar-refractivity contribution in [1.29, 1.82) is 0 Å². The monoisotopic (exact) mass is 370 g/mol. The van der Waals surface area contributed by atoms with Crippen molar-refractivity contribution >= 4 is 28.6 Å². The third-order valence-electron chi connectivity index (χ3n) is 4.13. The van der Waals surface area contributed by atoms with Crippen LogP contribution >= 0.6 is 0 Å². The third kappa shape index (κ3) is 3.59. The number of halogens is 1.